The van der Waals surface area contributed by atoms with Crippen molar-refractivity contribution in [2.24, 2.45) is 0 Å². The van der Waals surface area contributed by atoms with Gasteiger partial charge in [-0.2, -0.15) is 0 Å². The van der Waals surface area contributed by atoms with Gasteiger partial charge >= 0.3 is 0 Å². The van der Waals surface area contributed by atoms with E-state index in [-0.39, 0.29) is 5.79 Å². The Morgan fingerprint density at radius 2 is 0.974 bits per heavy atom. The Balaban J connectivity index is 2.03. The molecule has 0 radical (unpaired) electrons. The first-order valence-corrected chi connectivity index (χ1v) is 17.1. The van der Waals surface area contributed by atoms with Crippen molar-refractivity contribution in [1.29, 1.82) is 0 Å². The van der Waals surface area contributed by atoms with E-state index in [0.29, 0.717) is 0 Å². The molecular weight excluding hydrogens is 478 g/mol. The summed E-state index contributed by atoms with van der Waals surface area (Å²) in [6, 6.07) is 0. The molecule has 0 amide bonds. The van der Waals surface area contributed by atoms with Gasteiger partial charge in [-0.25, -0.2) is 0 Å². The molecule has 3 nitrogen and oxygen atoms in total. The Morgan fingerprint density at radius 1 is 0.538 bits per heavy atom. The highest BCUT2D eigenvalue weighted by Gasteiger charge is 2.35. The zero-order valence-electron chi connectivity index (χ0n) is 26.6. The lowest BCUT2D eigenvalue weighted by molar-refractivity contribution is -0.257. The average molecular weight is 546 g/mol. The van der Waals surface area contributed by atoms with Crippen LogP contribution >= 0.6 is 0 Å². The number of piperidine rings is 1. The van der Waals surface area contributed by atoms with Gasteiger partial charge in [0.1, 0.15) is 0 Å². The molecule has 228 valence electrons. The molecule has 0 aromatic heterocycles. The molecule has 1 fully saturated rings. The normalized spacial score (nSPS) is 16.4. The van der Waals surface area contributed by atoms with Crippen LogP contribution in [0.2, 0.25) is 0 Å². The SMILES string of the molecule is CC/C=C\CCCCCCCCOC1(OCCCCCCCC/C=C\C/C=C\CCCCC)CCN(C)CC1. The molecule has 0 saturated carbocycles. The van der Waals surface area contributed by atoms with Gasteiger partial charge < -0.3 is 14.4 Å². The minimum Gasteiger partial charge on any atom is -0.350 e. The van der Waals surface area contributed by atoms with Gasteiger partial charge in [-0.3, -0.25) is 0 Å². The molecule has 1 aliphatic rings. The number of ether oxygens (including phenoxy) is 2. The highest BCUT2D eigenvalue weighted by Crippen LogP contribution is 2.28. The summed E-state index contributed by atoms with van der Waals surface area (Å²) < 4.78 is 12.9. The quantitative estimate of drug-likeness (QED) is 0.0582. The molecule has 0 aliphatic carbocycles. The van der Waals surface area contributed by atoms with Gasteiger partial charge in [0, 0.05) is 25.9 Å². The Morgan fingerprint density at radius 3 is 1.46 bits per heavy atom. The molecule has 0 spiro atoms. The van der Waals surface area contributed by atoms with Crippen LogP contribution in [0.1, 0.15) is 155 Å². The highest BCUT2D eigenvalue weighted by molar-refractivity contribution is 4.92. The van der Waals surface area contributed by atoms with Crippen LogP contribution in [-0.4, -0.2) is 44.0 Å². The largest absolute Gasteiger partial charge is 0.350 e. The number of hydrogen-bond donors (Lipinski definition) is 0. The summed E-state index contributed by atoms with van der Waals surface area (Å²) in [5.41, 5.74) is 0. The van der Waals surface area contributed by atoms with Crippen molar-refractivity contribution >= 4 is 0 Å². The van der Waals surface area contributed by atoms with Crippen LogP contribution in [0.5, 0.6) is 0 Å². The van der Waals surface area contributed by atoms with Crippen molar-refractivity contribution in [3.05, 3.63) is 36.5 Å². The lowest BCUT2D eigenvalue weighted by Crippen LogP contribution is -2.47. The molecule has 1 saturated heterocycles. The van der Waals surface area contributed by atoms with Crippen LogP contribution in [-0.2, 0) is 9.47 Å². The summed E-state index contributed by atoms with van der Waals surface area (Å²) in [6.45, 7) is 8.34. The van der Waals surface area contributed by atoms with Gasteiger partial charge in [0.15, 0.2) is 5.79 Å². The van der Waals surface area contributed by atoms with E-state index in [1.165, 1.54) is 116 Å². The smallest absolute Gasteiger partial charge is 0.170 e. The van der Waals surface area contributed by atoms with Crippen molar-refractivity contribution in [2.75, 3.05) is 33.4 Å². The summed E-state index contributed by atoms with van der Waals surface area (Å²) >= 11 is 0. The minimum absolute atomic E-state index is 0.324. The van der Waals surface area contributed by atoms with Gasteiger partial charge in [-0.1, -0.05) is 115 Å². The highest BCUT2D eigenvalue weighted by atomic mass is 16.7. The van der Waals surface area contributed by atoms with Crippen molar-refractivity contribution in [3.8, 4) is 0 Å². The lowest BCUT2D eigenvalue weighted by Gasteiger charge is -2.40. The standard InChI is InChI=1S/C36H67NO2/c1-4-6-8-10-12-14-16-17-18-19-20-21-23-25-27-29-35-39-36(30-32-37(3)33-31-36)38-34-28-26-24-22-15-13-11-9-7-5-2/h7,9,12,14,17-18H,4-6,8,10-11,13,15-16,19-35H2,1-3H3/b9-7-,14-12-,18-17-. The van der Waals surface area contributed by atoms with E-state index in [0.717, 1.165) is 52.0 Å². The first kappa shape index (κ1) is 36.1. The van der Waals surface area contributed by atoms with Crippen LogP contribution < -0.4 is 0 Å². The average Bonchev–Trinajstić information content (AvgIpc) is 2.95. The maximum Gasteiger partial charge on any atom is 0.170 e. The van der Waals surface area contributed by atoms with E-state index in [9.17, 15) is 0 Å². The fourth-order valence-corrected chi connectivity index (χ4v) is 5.25. The van der Waals surface area contributed by atoms with E-state index in [4.69, 9.17) is 9.47 Å². The van der Waals surface area contributed by atoms with Crippen LogP contribution in [0, 0.1) is 0 Å². The van der Waals surface area contributed by atoms with Crippen LogP contribution in [0.25, 0.3) is 0 Å². The lowest BCUT2D eigenvalue weighted by atomic mass is 10.0. The molecule has 0 bridgehead atoms. The maximum absolute atomic E-state index is 6.46. The van der Waals surface area contributed by atoms with E-state index >= 15 is 0 Å². The molecule has 0 unspecified atom stereocenters. The molecule has 1 aliphatic heterocycles. The Bertz CT molecular complexity index is 589. The molecule has 1 heterocycles. The number of unbranched alkanes of at least 4 members (excludes halogenated alkanes) is 15. The van der Waals surface area contributed by atoms with Gasteiger partial charge in [-0.05, 0) is 71.3 Å². The van der Waals surface area contributed by atoms with Crippen LogP contribution in [0.15, 0.2) is 36.5 Å². The second kappa shape index (κ2) is 27.3. The molecule has 1 rings (SSSR count). The van der Waals surface area contributed by atoms with Gasteiger partial charge in [0.2, 0.25) is 0 Å². The second-order valence-corrected chi connectivity index (χ2v) is 11.8. The molecule has 0 aromatic rings. The molecule has 0 aromatic carbocycles. The number of rotatable bonds is 27. The topological polar surface area (TPSA) is 21.7 Å². The molecule has 0 atom stereocenters. The van der Waals surface area contributed by atoms with Gasteiger partial charge in [0.05, 0.1) is 13.2 Å². The van der Waals surface area contributed by atoms with E-state index in [1.807, 2.05) is 0 Å². The summed E-state index contributed by atoms with van der Waals surface area (Å²) in [6.07, 6.45) is 41.7. The predicted molar refractivity (Wildman–Crippen MR) is 172 cm³/mol. The van der Waals surface area contributed by atoms with Crippen LogP contribution in [0.3, 0.4) is 0 Å². The van der Waals surface area contributed by atoms with E-state index in [2.05, 4.69) is 62.3 Å². The monoisotopic (exact) mass is 546 g/mol. The fourth-order valence-electron chi connectivity index (χ4n) is 5.25. The minimum atomic E-state index is -0.324. The Kier molecular flexibility index (Phi) is 25.3. The number of nitrogens with zero attached hydrogens (tertiary/aromatic N) is 1. The van der Waals surface area contributed by atoms with Gasteiger partial charge in [-0.15, -0.1) is 0 Å². The summed E-state index contributed by atoms with van der Waals surface area (Å²) in [4.78, 5) is 2.40. The first-order chi connectivity index (χ1) is 19.2. The Hall–Kier alpha value is -0.900. The third-order valence-electron chi connectivity index (χ3n) is 7.99. The number of likely N-dealkylation sites (tertiary alicyclic amines) is 1. The third-order valence-corrected chi connectivity index (χ3v) is 7.99. The first-order valence-electron chi connectivity index (χ1n) is 17.1. The second-order valence-electron chi connectivity index (χ2n) is 11.8. The molecule has 0 N–H and O–H groups in total. The number of hydrogen-bond acceptors (Lipinski definition) is 3. The summed E-state index contributed by atoms with van der Waals surface area (Å²) in [5.74, 6) is -0.324. The zero-order chi connectivity index (χ0) is 28.1. The number of allylic oxidation sites excluding steroid dienone is 6. The van der Waals surface area contributed by atoms with Crippen molar-refractivity contribution < 1.29 is 9.47 Å². The molecule has 3 heteroatoms. The van der Waals surface area contributed by atoms with Crippen molar-refractivity contribution in [3.63, 3.8) is 0 Å². The molecule has 39 heavy (non-hydrogen) atoms. The third kappa shape index (κ3) is 22.5. The van der Waals surface area contributed by atoms with E-state index < -0.39 is 0 Å². The summed E-state index contributed by atoms with van der Waals surface area (Å²) in [5, 5.41) is 0. The zero-order valence-corrected chi connectivity index (χ0v) is 26.6. The maximum atomic E-state index is 6.46. The fraction of sp³-hybridized carbons (Fsp3) is 0.833. The van der Waals surface area contributed by atoms with Gasteiger partial charge in [0.25, 0.3) is 0 Å². The predicted octanol–water partition coefficient (Wildman–Crippen LogP) is 11.0. The summed E-state index contributed by atoms with van der Waals surface area (Å²) in [7, 11) is 2.21. The Labute approximate surface area is 244 Å². The van der Waals surface area contributed by atoms with E-state index in [1.54, 1.807) is 0 Å². The van der Waals surface area contributed by atoms with Crippen molar-refractivity contribution in [2.45, 2.75) is 161 Å². The molecular formula is C36H67NO2. The van der Waals surface area contributed by atoms with Crippen LogP contribution in [0.4, 0.5) is 0 Å². The van der Waals surface area contributed by atoms with Crippen molar-refractivity contribution in [1.82, 2.24) is 4.90 Å².